The van der Waals surface area contributed by atoms with E-state index in [1.807, 2.05) is 0 Å². The van der Waals surface area contributed by atoms with Crippen LogP contribution in [0.1, 0.15) is 12.5 Å². The molecule has 0 aliphatic heterocycles. The highest BCUT2D eigenvalue weighted by atomic mass is 32.1. The van der Waals surface area contributed by atoms with Crippen LogP contribution in [-0.4, -0.2) is 35.3 Å². The van der Waals surface area contributed by atoms with Gasteiger partial charge in [0.1, 0.15) is 11.1 Å². The molecule has 0 saturated carbocycles. The van der Waals surface area contributed by atoms with Gasteiger partial charge in [-0.3, -0.25) is 4.79 Å². The molecule has 98 valence electrons. The summed E-state index contributed by atoms with van der Waals surface area (Å²) in [5, 5.41) is 11.3. The first-order chi connectivity index (χ1) is 8.54. The van der Waals surface area contributed by atoms with Crippen LogP contribution in [0.4, 0.5) is 5.69 Å². The van der Waals surface area contributed by atoms with Crippen LogP contribution < -0.4 is 11.1 Å². The summed E-state index contributed by atoms with van der Waals surface area (Å²) in [4.78, 5) is 12.0. The van der Waals surface area contributed by atoms with Gasteiger partial charge in [0, 0.05) is 11.3 Å². The fraction of sp³-hybridized carbons (Fsp3) is 0.333. The van der Waals surface area contributed by atoms with Gasteiger partial charge in [0.05, 0.1) is 13.2 Å². The van der Waals surface area contributed by atoms with Gasteiger partial charge in [-0.15, -0.1) is 0 Å². The minimum atomic E-state index is -0.618. The van der Waals surface area contributed by atoms with E-state index in [1.54, 1.807) is 31.2 Å². The van der Waals surface area contributed by atoms with E-state index in [2.05, 4.69) is 5.32 Å². The highest BCUT2D eigenvalue weighted by Gasteiger charge is 2.12. The Morgan fingerprint density at radius 2 is 2.11 bits per heavy atom. The van der Waals surface area contributed by atoms with Gasteiger partial charge in [-0.1, -0.05) is 12.2 Å². The second-order valence-corrected chi connectivity index (χ2v) is 4.11. The highest BCUT2D eigenvalue weighted by Crippen LogP contribution is 2.10. The molecule has 0 spiro atoms. The molecular weight excluding hydrogens is 252 g/mol. The third-order valence-corrected chi connectivity index (χ3v) is 2.50. The number of carbonyl (C=O) groups is 1. The molecule has 1 atom stereocenters. The second-order valence-electron chi connectivity index (χ2n) is 3.67. The molecule has 0 heterocycles. The standard InChI is InChI=1S/C12H16N2O3S/c1-8(17-7-6-15)12(16)14-10-4-2-9(3-5-10)11(13)18/h2-5,8,15H,6-7H2,1H3,(H2,13,18)(H,14,16). The van der Waals surface area contributed by atoms with Crippen LogP contribution in [0.5, 0.6) is 0 Å². The van der Waals surface area contributed by atoms with Crippen molar-refractivity contribution >= 4 is 28.8 Å². The smallest absolute Gasteiger partial charge is 0.253 e. The molecule has 0 saturated heterocycles. The van der Waals surface area contributed by atoms with E-state index in [0.717, 1.165) is 5.56 Å². The minimum absolute atomic E-state index is 0.111. The van der Waals surface area contributed by atoms with Crippen molar-refractivity contribution in [1.82, 2.24) is 0 Å². The summed E-state index contributed by atoms with van der Waals surface area (Å²) in [5.74, 6) is -0.272. The van der Waals surface area contributed by atoms with Crippen molar-refractivity contribution < 1.29 is 14.6 Å². The number of aliphatic hydroxyl groups is 1. The molecule has 5 nitrogen and oxygen atoms in total. The first-order valence-corrected chi connectivity index (χ1v) is 5.88. The summed E-state index contributed by atoms with van der Waals surface area (Å²) in [7, 11) is 0. The molecular formula is C12H16N2O3S. The zero-order chi connectivity index (χ0) is 13.5. The van der Waals surface area contributed by atoms with Crippen LogP contribution in [0.25, 0.3) is 0 Å². The van der Waals surface area contributed by atoms with Gasteiger partial charge in [0.2, 0.25) is 0 Å². The molecule has 1 amide bonds. The van der Waals surface area contributed by atoms with Gasteiger partial charge in [0.15, 0.2) is 0 Å². The second kappa shape index (κ2) is 7.05. The van der Waals surface area contributed by atoms with Crippen molar-refractivity contribution in [2.24, 2.45) is 5.73 Å². The van der Waals surface area contributed by atoms with Crippen LogP contribution in [-0.2, 0) is 9.53 Å². The number of nitrogens with one attached hydrogen (secondary N) is 1. The molecule has 0 radical (unpaired) electrons. The number of benzene rings is 1. The number of aliphatic hydroxyl groups excluding tert-OH is 1. The molecule has 1 aromatic carbocycles. The van der Waals surface area contributed by atoms with Gasteiger partial charge >= 0.3 is 0 Å². The largest absolute Gasteiger partial charge is 0.394 e. The lowest BCUT2D eigenvalue weighted by molar-refractivity contribution is -0.126. The summed E-state index contributed by atoms with van der Waals surface area (Å²) in [6.45, 7) is 1.64. The van der Waals surface area contributed by atoms with E-state index in [-0.39, 0.29) is 19.1 Å². The van der Waals surface area contributed by atoms with Crippen molar-refractivity contribution in [3.05, 3.63) is 29.8 Å². The van der Waals surface area contributed by atoms with Crippen LogP contribution in [0.15, 0.2) is 24.3 Å². The Bertz CT molecular complexity index is 420. The van der Waals surface area contributed by atoms with Gasteiger partial charge in [-0.25, -0.2) is 0 Å². The molecule has 1 rings (SSSR count). The summed E-state index contributed by atoms with van der Waals surface area (Å²) < 4.78 is 5.08. The van der Waals surface area contributed by atoms with Crippen molar-refractivity contribution in [2.75, 3.05) is 18.5 Å². The quantitative estimate of drug-likeness (QED) is 0.660. The van der Waals surface area contributed by atoms with Gasteiger partial charge in [0.25, 0.3) is 5.91 Å². The normalized spacial score (nSPS) is 11.9. The van der Waals surface area contributed by atoms with E-state index in [1.165, 1.54) is 0 Å². The summed E-state index contributed by atoms with van der Waals surface area (Å²) in [5.41, 5.74) is 6.85. The molecule has 0 aliphatic rings. The first kappa shape index (κ1) is 14.6. The molecule has 0 bridgehead atoms. The average molecular weight is 268 g/mol. The van der Waals surface area contributed by atoms with Crippen LogP contribution >= 0.6 is 12.2 Å². The molecule has 4 N–H and O–H groups in total. The number of anilines is 1. The predicted octanol–water partition coefficient (Wildman–Crippen LogP) is 0.657. The van der Waals surface area contributed by atoms with E-state index < -0.39 is 6.10 Å². The third-order valence-electron chi connectivity index (χ3n) is 2.27. The van der Waals surface area contributed by atoms with Gasteiger partial charge in [-0.05, 0) is 31.2 Å². The molecule has 0 aliphatic carbocycles. The lowest BCUT2D eigenvalue weighted by atomic mass is 10.2. The highest BCUT2D eigenvalue weighted by molar-refractivity contribution is 7.80. The number of carbonyl (C=O) groups excluding carboxylic acids is 1. The maximum absolute atomic E-state index is 11.7. The third kappa shape index (κ3) is 4.40. The van der Waals surface area contributed by atoms with E-state index in [9.17, 15) is 4.79 Å². The number of nitrogens with two attached hydrogens (primary N) is 1. The summed E-state index contributed by atoms with van der Waals surface area (Å²) >= 11 is 4.83. The van der Waals surface area contributed by atoms with E-state index in [4.69, 9.17) is 27.8 Å². The van der Waals surface area contributed by atoms with Gasteiger partial charge < -0.3 is 20.9 Å². The first-order valence-electron chi connectivity index (χ1n) is 5.47. The van der Waals surface area contributed by atoms with Crippen molar-refractivity contribution in [3.8, 4) is 0 Å². The zero-order valence-electron chi connectivity index (χ0n) is 10.1. The maximum Gasteiger partial charge on any atom is 0.253 e. The lowest BCUT2D eigenvalue weighted by Gasteiger charge is -2.12. The number of rotatable bonds is 6. The Balaban J connectivity index is 2.56. The molecule has 1 unspecified atom stereocenters. The molecule has 1 aromatic rings. The molecule has 18 heavy (non-hydrogen) atoms. The Kier molecular flexibility index (Phi) is 5.70. The Morgan fingerprint density at radius 3 is 2.61 bits per heavy atom. The SMILES string of the molecule is CC(OCCO)C(=O)Nc1ccc(C(N)=S)cc1. The number of amides is 1. The molecule has 0 fully saturated rings. The van der Waals surface area contributed by atoms with Crippen molar-refractivity contribution in [1.29, 1.82) is 0 Å². The fourth-order valence-corrected chi connectivity index (χ4v) is 1.40. The maximum atomic E-state index is 11.7. The number of thiocarbonyl (C=S) groups is 1. The minimum Gasteiger partial charge on any atom is -0.394 e. The zero-order valence-corrected chi connectivity index (χ0v) is 10.9. The summed E-state index contributed by atoms with van der Waals surface area (Å²) in [6.07, 6.45) is -0.618. The number of hydrogen-bond donors (Lipinski definition) is 3. The van der Waals surface area contributed by atoms with Gasteiger partial charge in [-0.2, -0.15) is 0 Å². The average Bonchev–Trinajstić information content (AvgIpc) is 2.36. The molecule has 6 heteroatoms. The molecule has 0 aromatic heterocycles. The summed E-state index contributed by atoms with van der Waals surface area (Å²) in [6, 6.07) is 6.89. The number of hydrogen-bond acceptors (Lipinski definition) is 4. The fourth-order valence-electron chi connectivity index (χ4n) is 1.27. The van der Waals surface area contributed by atoms with Crippen molar-refractivity contribution in [2.45, 2.75) is 13.0 Å². The van der Waals surface area contributed by atoms with E-state index in [0.29, 0.717) is 10.7 Å². The lowest BCUT2D eigenvalue weighted by Crippen LogP contribution is -2.28. The number of ether oxygens (including phenoxy) is 1. The topological polar surface area (TPSA) is 84.6 Å². The van der Waals surface area contributed by atoms with Crippen LogP contribution in [0.3, 0.4) is 0 Å². The Morgan fingerprint density at radius 1 is 1.50 bits per heavy atom. The van der Waals surface area contributed by atoms with Crippen LogP contribution in [0, 0.1) is 0 Å². The Hall–Kier alpha value is -1.50. The van der Waals surface area contributed by atoms with Crippen molar-refractivity contribution in [3.63, 3.8) is 0 Å². The predicted molar refractivity (Wildman–Crippen MR) is 73.5 cm³/mol. The monoisotopic (exact) mass is 268 g/mol. The van der Waals surface area contributed by atoms with Crippen LogP contribution in [0.2, 0.25) is 0 Å². The Labute approximate surface area is 111 Å². The van der Waals surface area contributed by atoms with E-state index >= 15 is 0 Å².